The van der Waals surface area contributed by atoms with Gasteiger partial charge in [0.25, 0.3) is 0 Å². The van der Waals surface area contributed by atoms with Crippen molar-refractivity contribution in [2.45, 2.75) is 25.1 Å². The predicted octanol–water partition coefficient (Wildman–Crippen LogP) is 4.44. The van der Waals surface area contributed by atoms with Gasteiger partial charge >= 0.3 is 5.97 Å². The molecule has 32 heavy (non-hydrogen) atoms. The Balaban J connectivity index is 1.50. The van der Waals surface area contributed by atoms with Crippen molar-refractivity contribution in [1.29, 1.82) is 0 Å². The topological polar surface area (TPSA) is 83.6 Å². The summed E-state index contributed by atoms with van der Waals surface area (Å²) in [6.07, 6.45) is 0.431. The van der Waals surface area contributed by atoms with E-state index in [0.717, 1.165) is 33.3 Å². The maximum Gasteiger partial charge on any atom is 0.321 e. The molecule has 4 aromatic rings. The molecule has 3 N–H and O–H groups in total. The largest absolute Gasteiger partial charge is 0.493 e. The molecular weight excluding hydrogens is 404 g/mol. The molecule has 0 saturated carbocycles. The number of H-pyrrole nitrogens is 1. The molecule has 0 unspecified atom stereocenters. The lowest BCUT2D eigenvalue weighted by Gasteiger charge is -2.30. The average molecular weight is 428 g/mol. The first-order chi connectivity index (χ1) is 15.6. The summed E-state index contributed by atoms with van der Waals surface area (Å²) in [6.45, 7) is 0.436. The summed E-state index contributed by atoms with van der Waals surface area (Å²) in [5.41, 5.74) is 5.02. The molecule has 0 spiro atoms. The Bertz CT molecular complexity index is 1270. The summed E-state index contributed by atoms with van der Waals surface area (Å²) in [7, 11) is 1.61. The van der Waals surface area contributed by atoms with Crippen LogP contribution in [0.25, 0.3) is 10.9 Å². The van der Waals surface area contributed by atoms with E-state index in [4.69, 9.17) is 9.47 Å². The van der Waals surface area contributed by atoms with Crippen molar-refractivity contribution in [3.8, 4) is 11.5 Å². The van der Waals surface area contributed by atoms with Crippen molar-refractivity contribution in [1.82, 2.24) is 10.3 Å². The van der Waals surface area contributed by atoms with Gasteiger partial charge in [-0.1, -0.05) is 54.6 Å². The third kappa shape index (κ3) is 3.69. The molecule has 0 amide bonds. The van der Waals surface area contributed by atoms with Crippen molar-refractivity contribution in [2.75, 3.05) is 7.11 Å². The second kappa shape index (κ2) is 8.40. The number of para-hydroxylation sites is 1. The van der Waals surface area contributed by atoms with Gasteiger partial charge < -0.3 is 19.6 Å². The minimum Gasteiger partial charge on any atom is -0.493 e. The molecule has 0 radical (unpaired) electrons. The van der Waals surface area contributed by atoms with Crippen LogP contribution in [0.4, 0.5) is 0 Å². The van der Waals surface area contributed by atoms with Crippen LogP contribution in [0.1, 0.15) is 28.4 Å². The molecule has 6 heteroatoms. The lowest BCUT2D eigenvalue weighted by Crippen LogP contribution is -2.44. The van der Waals surface area contributed by atoms with Crippen molar-refractivity contribution in [3.05, 3.63) is 95.2 Å². The average Bonchev–Trinajstić information content (AvgIpc) is 3.21. The Morgan fingerprint density at radius 1 is 1.03 bits per heavy atom. The Morgan fingerprint density at radius 3 is 2.59 bits per heavy atom. The zero-order chi connectivity index (χ0) is 22.1. The first-order valence-corrected chi connectivity index (χ1v) is 10.6. The van der Waals surface area contributed by atoms with E-state index in [2.05, 4.69) is 10.3 Å². The fraction of sp³-hybridized carbons (Fsp3) is 0.192. The highest BCUT2D eigenvalue weighted by molar-refractivity contribution is 5.87. The summed E-state index contributed by atoms with van der Waals surface area (Å²) in [5.74, 6) is 0.388. The van der Waals surface area contributed by atoms with Gasteiger partial charge in [0.05, 0.1) is 13.2 Å². The van der Waals surface area contributed by atoms with Gasteiger partial charge in [-0.2, -0.15) is 0 Å². The van der Waals surface area contributed by atoms with Crippen LogP contribution in [0, 0.1) is 0 Å². The first-order valence-electron chi connectivity index (χ1n) is 10.6. The molecule has 1 aliphatic heterocycles. The SMILES string of the molecule is COc1cc([C@@H]2N[C@H](C(=O)O)Cc3c2[nH]c2ccccc32)ccc1OCc1ccccc1. The number of fused-ring (bicyclic) bond motifs is 3. The fourth-order valence-corrected chi connectivity index (χ4v) is 4.37. The minimum absolute atomic E-state index is 0.302. The number of nitrogens with one attached hydrogen (secondary N) is 2. The molecule has 3 aromatic carbocycles. The summed E-state index contributed by atoms with van der Waals surface area (Å²) < 4.78 is 11.6. The van der Waals surface area contributed by atoms with E-state index >= 15 is 0 Å². The fourth-order valence-electron chi connectivity index (χ4n) is 4.37. The predicted molar refractivity (Wildman–Crippen MR) is 122 cm³/mol. The number of rotatable bonds is 6. The van der Waals surface area contributed by atoms with Crippen molar-refractivity contribution < 1.29 is 19.4 Å². The number of carboxylic acids is 1. The number of carbonyl (C=O) groups is 1. The molecule has 2 atom stereocenters. The van der Waals surface area contributed by atoms with Gasteiger partial charge in [-0.25, -0.2) is 0 Å². The second-order valence-electron chi connectivity index (χ2n) is 7.94. The van der Waals surface area contributed by atoms with Gasteiger partial charge in [0.1, 0.15) is 12.6 Å². The highest BCUT2D eigenvalue weighted by Crippen LogP contribution is 2.38. The lowest BCUT2D eigenvalue weighted by atomic mass is 9.90. The smallest absolute Gasteiger partial charge is 0.321 e. The Morgan fingerprint density at radius 2 is 1.81 bits per heavy atom. The van der Waals surface area contributed by atoms with Crippen LogP contribution in [0.5, 0.6) is 11.5 Å². The van der Waals surface area contributed by atoms with E-state index in [9.17, 15) is 9.90 Å². The van der Waals surface area contributed by atoms with Gasteiger partial charge in [0.15, 0.2) is 11.5 Å². The maximum absolute atomic E-state index is 11.9. The quantitative estimate of drug-likeness (QED) is 0.423. The molecule has 2 heterocycles. The van der Waals surface area contributed by atoms with E-state index in [1.807, 2.05) is 72.8 Å². The molecule has 1 aliphatic rings. The Kier molecular flexibility index (Phi) is 5.29. The zero-order valence-corrected chi connectivity index (χ0v) is 17.7. The van der Waals surface area contributed by atoms with Crippen LogP contribution in [0.2, 0.25) is 0 Å². The van der Waals surface area contributed by atoms with Gasteiger partial charge in [0.2, 0.25) is 0 Å². The van der Waals surface area contributed by atoms with Gasteiger partial charge in [-0.15, -0.1) is 0 Å². The molecule has 1 aromatic heterocycles. The molecular formula is C26H24N2O4. The first kappa shape index (κ1) is 20.2. The zero-order valence-electron chi connectivity index (χ0n) is 17.7. The number of aromatic amines is 1. The molecule has 162 valence electrons. The third-order valence-corrected chi connectivity index (χ3v) is 5.97. The van der Waals surface area contributed by atoms with Crippen LogP contribution in [-0.4, -0.2) is 29.2 Å². The van der Waals surface area contributed by atoms with Crippen molar-refractivity contribution in [3.63, 3.8) is 0 Å². The van der Waals surface area contributed by atoms with E-state index < -0.39 is 12.0 Å². The summed E-state index contributed by atoms with van der Waals surface area (Å²) in [6, 6.07) is 22.7. The summed E-state index contributed by atoms with van der Waals surface area (Å²) in [5, 5.41) is 14.1. The summed E-state index contributed by atoms with van der Waals surface area (Å²) >= 11 is 0. The van der Waals surface area contributed by atoms with E-state index in [1.165, 1.54) is 0 Å². The van der Waals surface area contributed by atoms with E-state index in [-0.39, 0.29) is 6.04 Å². The molecule has 5 rings (SSSR count). The van der Waals surface area contributed by atoms with Crippen LogP contribution in [-0.2, 0) is 17.8 Å². The van der Waals surface area contributed by atoms with Crippen LogP contribution >= 0.6 is 0 Å². The number of hydrogen-bond donors (Lipinski definition) is 3. The standard InChI is InChI=1S/C26H24N2O4/c1-31-23-13-17(11-12-22(23)32-15-16-7-3-2-4-8-16)24-25-19(14-21(28-24)26(29)30)18-9-5-6-10-20(18)27-25/h2-13,21,24,27-28H,14-15H2,1H3,(H,29,30)/t21-,24-/m0/s1. The number of carboxylic acid groups (broad SMARTS) is 1. The molecule has 6 nitrogen and oxygen atoms in total. The van der Waals surface area contributed by atoms with Crippen molar-refractivity contribution >= 4 is 16.9 Å². The second-order valence-corrected chi connectivity index (χ2v) is 7.94. The van der Waals surface area contributed by atoms with Crippen molar-refractivity contribution in [2.24, 2.45) is 0 Å². The summed E-state index contributed by atoms with van der Waals surface area (Å²) in [4.78, 5) is 15.4. The molecule has 0 saturated heterocycles. The number of methoxy groups -OCH3 is 1. The highest BCUT2D eigenvalue weighted by atomic mass is 16.5. The van der Waals surface area contributed by atoms with Gasteiger partial charge in [0, 0.05) is 23.0 Å². The van der Waals surface area contributed by atoms with E-state index in [0.29, 0.717) is 24.5 Å². The number of hydrogen-bond acceptors (Lipinski definition) is 4. The lowest BCUT2D eigenvalue weighted by molar-refractivity contribution is -0.139. The Hall–Kier alpha value is -3.77. The molecule has 0 aliphatic carbocycles. The molecule has 0 bridgehead atoms. The van der Waals surface area contributed by atoms with Crippen LogP contribution in [0.3, 0.4) is 0 Å². The monoisotopic (exact) mass is 428 g/mol. The maximum atomic E-state index is 11.9. The number of ether oxygens (including phenoxy) is 2. The number of aliphatic carboxylic acids is 1. The number of aromatic nitrogens is 1. The van der Waals surface area contributed by atoms with Crippen LogP contribution < -0.4 is 14.8 Å². The molecule has 0 fully saturated rings. The van der Waals surface area contributed by atoms with Gasteiger partial charge in [-0.3, -0.25) is 10.1 Å². The van der Waals surface area contributed by atoms with E-state index in [1.54, 1.807) is 7.11 Å². The highest BCUT2D eigenvalue weighted by Gasteiger charge is 2.34. The van der Waals surface area contributed by atoms with Gasteiger partial charge in [-0.05, 0) is 34.9 Å². The third-order valence-electron chi connectivity index (χ3n) is 5.97. The normalized spacial score (nSPS) is 17.7. The van der Waals surface area contributed by atoms with Crippen LogP contribution in [0.15, 0.2) is 72.8 Å². The minimum atomic E-state index is -0.860. The number of benzene rings is 3. The Labute approximate surface area is 185 Å².